The zero-order valence-corrected chi connectivity index (χ0v) is 20.6. The van der Waals surface area contributed by atoms with Crippen LogP contribution in [0.5, 0.6) is 11.5 Å². The first-order chi connectivity index (χ1) is 19.2. The lowest BCUT2D eigenvalue weighted by molar-refractivity contribution is -1.04. The SMILES string of the molecule is Cn1c2[n+](c3ccccc31)[N+]13c4c(cccc4-2)Oc2ccc4c(=O)c5cccc6c7ccn[n+]1c7n(c4c23)c56. The standard InChI is InChI=1S/C31H17N6O2/c1-33-21-9-2-3-10-22(21)35-30(33)20-8-5-11-23-27(20)37(35)28-24(39-23)13-12-19-26(28)34-25-16(6-4-7-18(25)29(19)38)17-14-15-32-36(37)31(17)34/h2-15H,1H3/q+3. The van der Waals surface area contributed by atoms with E-state index in [0.717, 1.165) is 72.7 Å². The van der Waals surface area contributed by atoms with Crippen molar-refractivity contribution in [2.45, 2.75) is 0 Å². The third-order valence-corrected chi connectivity index (χ3v) is 9.07. The van der Waals surface area contributed by atoms with Crippen LogP contribution in [0.1, 0.15) is 0 Å². The maximum Gasteiger partial charge on any atom is 0.378 e. The van der Waals surface area contributed by atoms with Crippen LogP contribution in [0.2, 0.25) is 0 Å². The van der Waals surface area contributed by atoms with Crippen LogP contribution in [0.4, 0.5) is 11.4 Å². The Hall–Kier alpha value is -5.34. The predicted molar refractivity (Wildman–Crippen MR) is 146 cm³/mol. The summed E-state index contributed by atoms with van der Waals surface area (Å²) >= 11 is 0. The van der Waals surface area contributed by atoms with Crippen LogP contribution in [-0.4, -0.2) is 14.1 Å². The second kappa shape index (κ2) is 5.57. The Bertz CT molecular complexity index is 2580. The van der Waals surface area contributed by atoms with Crippen molar-refractivity contribution in [3.05, 3.63) is 95.3 Å². The van der Waals surface area contributed by atoms with Crippen molar-refractivity contribution in [1.29, 1.82) is 0 Å². The van der Waals surface area contributed by atoms with Crippen molar-refractivity contribution < 1.29 is 14.2 Å². The van der Waals surface area contributed by atoms with E-state index in [1.54, 1.807) is 0 Å². The fourth-order valence-corrected chi connectivity index (χ4v) is 7.74. The van der Waals surface area contributed by atoms with E-state index in [-0.39, 0.29) is 10.1 Å². The summed E-state index contributed by atoms with van der Waals surface area (Å²) in [5.41, 5.74) is 7.95. The van der Waals surface area contributed by atoms with Crippen LogP contribution >= 0.6 is 0 Å². The summed E-state index contributed by atoms with van der Waals surface area (Å²) in [5.74, 6) is 2.56. The smallest absolute Gasteiger partial charge is 0.378 e. The number of hydrogen-bond donors (Lipinski definition) is 0. The molecule has 8 heteroatoms. The number of aromatic nitrogens is 5. The molecule has 0 fully saturated rings. The van der Waals surface area contributed by atoms with E-state index >= 15 is 0 Å². The van der Waals surface area contributed by atoms with Gasteiger partial charge in [0.25, 0.3) is 5.69 Å². The normalized spacial score (nSPS) is 17.8. The van der Waals surface area contributed by atoms with Gasteiger partial charge in [0, 0.05) is 10.1 Å². The number of rotatable bonds is 0. The molecule has 0 saturated carbocycles. The Kier molecular flexibility index (Phi) is 2.69. The van der Waals surface area contributed by atoms with Crippen molar-refractivity contribution in [3.8, 4) is 22.9 Å². The third kappa shape index (κ3) is 1.64. The highest BCUT2D eigenvalue weighted by atomic mass is 16.5. The van der Waals surface area contributed by atoms with E-state index < -0.39 is 0 Å². The summed E-state index contributed by atoms with van der Waals surface area (Å²) in [6.07, 6.45) is 1.88. The van der Waals surface area contributed by atoms with Gasteiger partial charge in [-0.3, -0.25) is 4.79 Å². The van der Waals surface area contributed by atoms with E-state index in [4.69, 9.17) is 9.84 Å². The highest BCUT2D eigenvalue weighted by molar-refractivity contribution is 6.17. The molecular weight excluding hydrogens is 488 g/mol. The van der Waals surface area contributed by atoms with Crippen molar-refractivity contribution in [2.75, 3.05) is 0 Å². The number of imidazole rings is 1. The van der Waals surface area contributed by atoms with E-state index in [9.17, 15) is 4.79 Å². The van der Waals surface area contributed by atoms with Crippen LogP contribution in [0.15, 0.2) is 89.9 Å². The Morgan fingerprint density at radius 1 is 0.795 bits per heavy atom. The molecule has 1 atom stereocenters. The predicted octanol–water partition coefficient (Wildman–Crippen LogP) is 4.62. The lowest BCUT2D eigenvalue weighted by Crippen LogP contribution is -2.84. The Balaban J connectivity index is 1.56. The Morgan fingerprint density at radius 3 is 2.56 bits per heavy atom. The summed E-state index contributed by atoms with van der Waals surface area (Å²) in [6.45, 7) is 0. The first-order valence-electron chi connectivity index (χ1n) is 13.0. The zero-order chi connectivity index (χ0) is 25.4. The summed E-state index contributed by atoms with van der Waals surface area (Å²) < 4.78 is 13.7. The molecule has 0 radical (unpaired) electrons. The summed E-state index contributed by atoms with van der Waals surface area (Å²) in [4.78, 5) is 16.2. The average Bonchev–Trinajstić information content (AvgIpc) is 3.58. The van der Waals surface area contributed by atoms with Gasteiger partial charge in [0.15, 0.2) is 16.8 Å². The zero-order valence-electron chi connectivity index (χ0n) is 20.6. The topological polar surface area (TPSA) is 56.3 Å². The van der Waals surface area contributed by atoms with Crippen molar-refractivity contribution >= 4 is 60.6 Å². The molecule has 3 aliphatic heterocycles. The molecule has 0 bridgehead atoms. The van der Waals surface area contributed by atoms with Gasteiger partial charge in [0.2, 0.25) is 22.2 Å². The number of pyridine rings is 1. The van der Waals surface area contributed by atoms with Gasteiger partial charge in [-0.1, -0.05) is 24.3 Å². The van der Waals surface area contributed by atoms with Crippen molar-refractivity contribution in [3.63, 3.8) is 0 Å². The summed E-state index contributed by atoms with van der Waals surface area (Å²) in [6, 6.07) is 26.7. The van der Waals surface area contributed by atoms with Crippen LogP contribution in [0.3, 0.4) is 0 Å². The van der Waals surface area contributed by atoms with Gasteiger partial charge in [-0.25, -0.2) is 4.57 Å². The molecule has 0 saturated heterocycles. The molecule has 8 nitrogen and oxygen atoms in total. The van der Waals surface area contributed by atoms with E-state index in [0.29, 0.717) is 10.8 Å². The molecule has 7 heterocycles. The van der Waals surface area contributed by atoms with Gasteiger partial charge in [0.05, 0.1) is 34.2 Å². The molecule has 39 heavy (non-hydrogen) atoms. The molecule has 11 rings (SSSR count). The molecule has 3 aliphatic rings. The van der Waals surface area contributed by atoms with Gasteiger partial charge >= 0.3 is 17.2 Å². The third-order valence-electron chi connectivity index (χ3n) is 9.07. The number of ether oxygens (including phenoxy) is 1. The second-order valence-corrected chi connectivity index (χ2v) is 10.7. The van der Waals surface area contributed by atoms with Gasteiger partial charge in [0.1, 0.15) is 10.3 Å². The molecule has 0 N–H and O–H groups in total. The quantitative estimate of drug-likeness (QED) is 0.172. The summed E-state index contributed by atoms with van der Waals surface area (Å²) in [7, 11) is 2.11. The van der Waals surface area contributed by atoms with E-state index in [2.05, 4.69) is 74.0 Å². The number of aryl methyl sites for hydroxylation is 1. The molecule has 4 aromatic heterocycles. The molecular formula is C31H17N6O2+3. The van der Waals surface area contributed by atoms with Crippen LogP contribution in [-0.2, 0) is 7.05 Å². The highest BCUT2D eigenvalue weighted by Crippen LogP contribution is 2.59. The first kappa shape index (κ1) is 18.8. The largest absolute Gasteiger partial charge is 0.444 e. The van der Waals surface area contributed by atoms with Gasteiger partial charge in [-0.2, -0.15) is 4.40 Å². The monoisotopic (exact) mass is 505 g/mol. The number of nitrogens with zero attached hydrogens (tertiary/aromatic N) is 6. The lowest BCUT2D eigenvalue weighted by Gasteiger charge is -2.31. The molecule has 1 unspecified atom stereocenters. The minimum atomic E-state index is 0.0367. The molecule has 8 aromatic rings. The van der Waals surface area contributed by atoms with E-state index in [1.165, 1.54) is 0 Å². The van der Waals surface area contributed by atoms with Crippen LogP contribution in [0, 0.1) is 0 Å². The van der Waals surface area contributed by atoms with Crippen molar-refractivity contribution in [2.24, 2.45) is 7.05 Å². The fraction of sp³-hybridized carbons (Fsp3) is 0.0323. The first-order valence-corrected chi connectivity index (χ1v) is 13.0. The number of benzene rings is 4. The molecule has 1 spiro atoms. The van der Waals surface area contributed by atoms with Crippen LogP contribution in [0.25, 0.3) is 60.6 Å². The lowest BCUT2D eigenvalue weighted by atomic mass is 10.0. The Labute approximate surface area is 218 Å². The van der Waals surface area contributed by atoms with Gasteiger partial charge in [-0.05, 0) is 59.7 Å². The molecule has 0 amide bonds. The number of para-hydroxylation sites is 4. The molecule has 0 aliphatic carbocycles. The van der Waals surface area contributed by atoms with Crippen molar-refractivity contribution in [1.82, 2.24) is 18.8 Å². The number of quaternary nitrogens is 1. The minimum absolute atomic E-state index is 0.0367. The maximum atomic E-state index is 14.1. The maximum absolute atomic E-state index is 14.1. The summed E-state index contributed by atoms with van der Waals surface area (Å²) in [5, 5.41) is 8.62. The fourth-order valence-electron chi connectivity index (χ4n) is 7.74. The van der Waals surface area contributed by atoms with Crippen LogP contribution < -0.4 is 24.3 Å². The minimum Gasteiger partial charge on any atom is -0.444 e. The van der Waals surface area contributed by atoms with Gasteiger partial charge < -0.3 is 4.74 Å². The van der Waals surface area contributed by atoms with Gasteiger partial charge in [-0.15, -0.1) is 0 Å². The van der Waals surface area contributed by atoms with E-state index in [1.807, 2.05) is 36.5 Å². The average molecular weight is 506 g/mol. The number of fused-ring (bicyclic) bond motifs is 5. The molecule has 4 aromatic carbocycles. The number of hydrogen-bond acceptors (Lipinski definition) is 3. The molecule has 180 valence electrons. The second-order valence-electron chi connectivity index (χ2n) is 10.7. The Morgan fingerprint density at radius 2 is 1.62 bits per heavy atom. The highest BCUT2D eigenvalue weighted by Gasteiger charge is 2.69.